The molecule has 14 heavy (non-hydrogen) atoms. The Kier molecular flexibility index (Phi) is 2.45. The minimum Gasteiger partial charge on any atom is -0.463 e. The summed E-state index contributed by atoms with van der Waals surface area (Å²) >= 11 is 0. The Labute approximate surface area is 80.8 Å². The number of rotatable bonds is 1. The van der Waals surface area contributed by atoms with Gasteiger partial charge in [-0.25, -0.2) is 4.79 Å². The monoisotopic (exact) mass is 197 g/mol. The molecule has 6 nitrogen and oxygen atoms in total. The highest BCUT2D eigenvalue weighted by Crippen LogP contribution is 2.07. The van der Waals surface area contributed by atoms with Gasteiger partial charge in [-0.3, -0.25) is 0 Å². The molecule has 0 bridgehead atoms. The van der Waals surface area contributed by atoms with E-state index in [2.05, 4.69) is 14.9 Å². The van der Waals surface area contributed by atoms with Gasteiger partial charge in [0.05, 0.1) is 20.3 Å². The summed E-state index contributed by atoms with van der Waals surface area (Å²) in [7, 11) is 1.33. The molecule has 0 spiro atoms. The molecule has 0 saturated heterocycles. The fourth-order valence-corrected chi connectivity index (χ4v) is 1.42. The minimum absolute atomic E-state index is 0.257. The largest absolute Gasteiger partial charge is 0.463 e. The second-order valence-corrected chi connectivity index (χ2v) is 2.95. The van der Waals surface area contributed by atoms with Crippen LogP contribution in [-0.4, -0.2) is 41.1 Å². The van der Waals surface area contributed by atoms with Crippen molar-refractivity contribution in [1.82, 2.24) is 14.8 Å². The Hall–Kier alpha value is -1.43. The van der Waals surface area contributed by atoms with Gasteiger partial charge in [0.2, 0.25) is 5.82 Å². The number of ether oxygens (including phenoxy) is 2. The van der Waals surface area contributed by atoms with E-state index in [1.165, 1.54) is 7.11 Å². The summed E-state index contributed by atoms with van der Waals surface area (Å²) in [6, 6.07) is 0. The van der Waals surface area contributed by atoms with Gasteiger partial charge in [-0.1, -0.05) is 0 Å². The topological polar surface area (TPSA) is 66.2 Å². The van der Waals surface area contributed by atoms with Crippen LogP contribution < -0.4 is 0 Å². The van der Waals surface area contributed by atoms with E-state index in [1.807, 2.05) is 0 Å². The van der Waals surface area contributed by atoms with Gasteiger partial charge in [0, 0.05) is 13.0 Å². The maximum Gasteiger partial charge on any atom is 0.376 e. The van der Waals surface area contributed by atoms with E-state index in [0.29, 0.717) is 26.2 Å². The predicted molar refractivity (Wildman–Crippen MR) is 45.9 cm³/mol. The SMILES string of the molecule is COC(=O)c1nnc2n1CCOCC2. The summed E-state index contributed by atoms with van der Waals surface area (Å²) in [4.78, 5) is 11.3. The summed E-state index contributed by atoms with van der Waals surface area (Å²) in [5, 5.41) is 7.71. The number of methoxy groups -OCH3 is 1. The molecular formula is C8H11N3O3. The average molecular weight is 197 g/mol. The molecule has 0 amide bonds. The molecule has 76 valence electrons. The first-order valence-electron chi connectivity index (χ1n) is 4.41. The Bertz CT molecular complexity index is 348. The van der Waals surface area contributed by atoms with Crippen LogP contribution in [0.5, 0.6) is 0 Å². The molecule has 1 aromatic rings. The lowest BCUT2D eigenvalue weighted by atomic mass is 10.4. The maximum atomic E-state index is 11.3. The third-order valence-corrected chi connectivity index (χ3v) is 2.12. The Morgan fingerprint density at radius 3 is 3.14 bits per heavy atom. The first kappa shape index (κ1) is 9.14. The number of hydrogen-bond acceptors (Lipinski definition) is 5. The van der Waals surface area contributed by atoms with Gasteiger partial charge in [0.25, 0.3) is 0 Å². The fraction of sp³-hybridized carbons (Fsp3) is 0.625. The van der Waals surface area contributed by atoms with E-state index in [0.717, 1.165) is 5.82 Å². The van der Waals surface area contributed by atoms with Crippen LogP contribution in [0.4, 0.5) is 0 Å². The Balaban J connectivity index is 2.34. The average Bonchev–Trinajstić information content (AvgIpc) is 2.46. The van der Waals surface area contributed by atoms with Crippen molar-refractivity contribution in [2.24, 2.45) is 0 Å². The van der Waals surface area contributed by atoms with Crippen LogP contribution in [0, 0.1) is 0 Å². The first-order valence-corrected chi connectivity index (χ1v) is 4.41. The van der Waals surface area contributed by atoms with Gasteiger partial charge in [0.15, 0.2) is 0 Å². The number of carbonyl (C=O) groups excluding carboxylic acids is 1. The van der Waals surface area contributed by atoms with Crippen LogP contribution in [0.3, 0.4) is 0 Å². The molecule has 1 aliphatic heterocycles. The van der Waals surface area contributed by atoms with Crippen LogP contribution in [0.25, 0.3) is 0 Å². The van der Waals surface area contributed by atoms with E-state index in [-0.39, 0.29) is 5.82 Å². The van der Waals surface area contributed by atoms with E-state index in [4.69, 9.17) is 4.74 Å². The highest BCUT2D eigenvalue weighted by atomic mass is 16.5. The van der Waals surface area contributed by atoms with Crippen molar-refractivity contribution in [3.05, 3.63) is 11.6 Å². The molecule has 0 unspecified atom stereocenters. The third kappa shape index (κ3) is 1.48. The molecule has 0 radical (unpaired) electrons. The van der Waals surface area contributed by atoms with E-state index >= 15 is 0 Å². The molecule has 0 saturated carbocycles. The molecule has 2 heterocycles. The number of aromatic nitrogens is 3. The molecule has 1 aliphatic rings. The standard InChI is InChI=1S/C8H11N3O3/c1-13-8(12)7-10-9-6-2-4-14-5-3-11(6)7/h2-5H2,1H3. The number of nitrogens with zero attached hydrogens (tertiary/aromatic N) is 3. The summed E-state index contributed by atoms with van der Waals surface area (Å²) < 4.78 is 11.6. The fourth-order valence-electron chi connectivity index (χ4n) is 1.42. The van der Waals surface area contributed by atoms with Gasteiger partial charge in [-0.2, -0.15) is 0 Å². The van der Waals surface area contributed by atoms with Crippen molar-refractivity contribution < 1.29 is 14.3 Å². The van der Waals surface area contributed by atoms with Crippen LogP contribution in [0.15, 0.2) is 0 Å². The Morgan fingerprint density at radius 1 is 1.50 bits per heavy atom. The molecule has 0 N–H and O–H groups in total. The second-order valence-electron chi connectivity index (χ2n) is 2.95. The molecule has 0 atom stereocenters. The molecular weight excluding hydrogens is 186 g/mol. The number of carbonyl (C=O) groups is 1. The van der Waals surface area contributed by atoms with Crippen LogP contribution >= 0.6 is 0 Å². The highest BCUT2D eigenvalue weighted by molar-refractivity contribution is 5.85. The summed E-state index contributed by atoms with van der Waals surface area (Å²) in [6.45, 7) is 1.81. The predicted octanol–water partition coefficient (Wildman–Crippen LogP) is -0.363. The zero-order valence-electron chi connectivity index (χ0n) is 7.89. The van der Waals surface area contributed by atoms with E-state index in [1.54, 1.807) is 4.57 Å². The van der Waals surface area contributed by atoms with Crippen LogP contribution in [0.2, 0.25) is 0 Å². The highest BCUT2D eigenvalue weighted by Gasteiger charge is 2.20. The van der Waals surface area contributed by atoms with Crippen LogP contribution in [-0.2, 0) is 22.4 Å². The van der Waals surface area contributed by atoms with Gasteiger partial charge in [-0.15, -0.1) is 10.2 Å². The quantitative estimate of drug-likeness (QED) is 0.575. The lowest BCUT2D eigenvalue weighted by Gasteiger charge is -2.03. The lowest BCUT2D eigenvalue weighted by molar-refractivity contribution is 0.0578. The van der Waals surface area contributed by atoms with Crippen molar-refractivity contribution in [3.63, 3.8) is 0 Å². The van der Waals surface area contributed by atoms with Crippen LogP contribution in [0.1, 0.15) is 16.4 Å². The van der Waals surface area contributed by atoms with Crippen molar-refractivity contribution in [2.45, 2.75) is 13.0 Å². The molecule has 1 aromatic heterocycles. The maximum absolute atomic E-state index is 11.3. The molecule has 6 heteroatoms. The number of fused-ring (bicyclic) bond motifs is 1. The smallest absolute Gasteiger partial charge is 0.376 e. The van der Waals surface area contributed by atoms with Crippen molar-refractivity contribution in [2.75, 3.05) is 20.3 Å². The Morgan fingerprint density at radius 2 is 2.36 bits per heavy atom. The first-order chi connectivity index (χ1) is 6.83. The van der Waals surface area contributed by atoms with Gasteiger partial charge in [-0.05, 0) is 0 Å². The molecule has 0 fully saturated rings. The van der Waals surface area contributed by atoms with Gasteiger partial charge in [0.1, 0.15) is 5.82 Å². The zero-order chi connectivity index (χ0) is 9.97. The lowest BCUT2D eigenvalue weighted by Crippen LogP contribution is -2.14. The normalized spacial score (nSPS) is 15.8. The number of hydrogen-bond donors (Lipinski definition) is 0. The minimum atomic E-state index is -0.453. The summed E-state index contributed by atoms with van der Waals surface area (Å²) in [5.74, 6) is 0.585. The van der Waals surface area contributed by atoms with Crippen molar-refractivity contribution in [1.29, 1.82) is 0 Å². The zero-order valence-corrected chi connectivity index (χ0v) is 7.89. The van der Waals surface area contributed by atoms with E-state index in [9.17, 15) is 4.79 Å². The number of esters is 1. The summed E-state index contributed by atoms with van der Waals surface area (Å²) in [6.07, 6.45) is 0.685. The molecule has 2 rings (SSSR count). The van der Waals surface area contributed by atoms with Gasteiger partial charge >= 0.3 is 5.97 Å². The van der Waals surface area contributed by atoms with Gasteiger partial charge < -0.3 is 14.0 Å². The van der Waals surface area contributed by atoms with Crippen molar-refractivity contribution >= 4 is 5.97 Å². The second kappa shape index (κ2) is 3.75. The van der Waals surface area contributed by atoms with E-state index < -0.39 is 5.97 Å². The molecule has 0 aromatic carbocycles. The third-order valence-electron chi connectivity index (χ3n) is 2.12. The molecule has 0 aliphatic carbocycles. The summed E-state index contributed by atoms with van der Waals surface area (Å²) in [5.41, 5.74) is 0. The van der Waals surface area contributed by atoms with Crippen molar-refractivity contribution in [3.8, 4) is 0 Å².